The Bertz CT molecular complexity index is 1010. The van der Waals surface area contributed by atoms with Crippen LogP contribution < -0.4 is 4.90 Å². The summed E-state index contributed by atoms with van der Waals surface area (Å²) in [4.78, 5) is 2.08. The van der Waals surface area contributed by atoms with Crippen LogP contribution in [-0.2, 0) is 10.0 Å². The Hall–Kier alpha value is -2.87. The number of nitriles is 2. The highest BCUT2D eigenvalue weighted by atomic mass is 32.2. The smallest absolute Gasteiger partial charge is 0.244 e. The van der Waals surface area contributed by atoms with Gasteiger partial charge in [0, 0.05) is 26.2 Å². The van der Waals surface area contributed by atoms with Gasteiger partial charge >= 0.3 is 0 Å². The van der Waals surface area contributed by atoms with Gasteiger partial charge < -0.3 is 4.90 Å². The quantitative estimate of drug-likeness (QED) is 0.831. The standard InChI is InChI=1S/C19H18N4O2S/c1-15-5-4-8-19(17(15)14-21)26(24,25)23-11-9-22(10-12-23)18-7-3-2-6-16(18)13-20/h2-8H,9-12H2,1H3. The minimum atomic E-state index is -3.73. The van der Waals surface area contributed by atoms with E-state index < -0.39 is 10.0 Å². The first-order valence-electron chi connectivity index (χ1n) is 8.23. The predicted molar refractivity (Wildman–Crippen MR) is 98.0 cm³/mol. The number of anilines is 1. The van der Waals surface area contributed by atoms with E-state index in [9.17, 15) is 18.9 Å². The highest BCUT2D eigenvalue weighted by molar-refractivity contribution is 7.89. The molecule has 0 aliphatic carbocycles. The number of hydrogen-bond donors (Lipinski definition) is 0. The third-order valence-electron chi connectivity index (χ3n) is 4.57. The van der Waals surface area contributed by atoms with E-state index in [2.05, 4.69) is 6.07 Å². The molecule has 26 heavy (non-hydrogen) atoms. The molecule has 132 valence electrons. The SMILES string of the molecule is Cc1cccc(S(=O)(=O)N2CCN(c3ccccc3C#N)CC2)c1C#N. The molecule has 1 saturated heterocycles. The van der Waals surface area contributed by atoms with Crippen LogP contribution in [0.25, 0.3) is 0 Å². The van der Waals surface area contributed by atoms with Crippen molar-refractivity contribution in [1.82, 2.24) is 4.31 Å². The van der Waals surface area contributed by atoms with Crippen molar-refractivity contribution in [1.29, 1.82) is 10.5 Å². The van der Waals surface area contributed by atoms with Crippen molar-refractivity contribution in [3.05, 3.63) is 59.2 Å². The fourth-order valence-corrected chi connectivity index (χ4v) is 4.79. The van der Waals surface area contributed by atoms with Crippen molar-refractivity contribution in [2.75, 3.05) is 31.1 Å². The van der Waals surface area contributed by atoms with Gasteiger partial charge in [0.05, 0.1) is 16.8 Å². The van der Waals surface area contributed by atoms with Crippen molar-refractivity contribution < 1.29 is 8.42 Å². The van der Waals surface area contributed by atoms with E-state index in [-0.39, 0.29) is 10.5 Å². The first kappa shape index (κ1) is 17.9. The van der Waals surface area contributed by atoms with Crippen molar-refractivity contribution in [2.24, 2.45) is 0 Å². The zero-order chi connectivity index (χ0) is 18.7. The molecule has 0 amide bonds. The molecule has 0 saturated carbocycles. The van der Waals surface area contributed by atoms with Crippen molar-refractivity contribution in [3.8, 4) is 12.1 Å². The number of hydrogen-bond acceptors (Lipinski definition) is 5. The zero-order valence-corrected chi connectivity index (χ0v) is 15.2. The third-order valence-corrected chi connectivity index (χ3v) is 6.51. The van der Waals surface area contributed by atoms with Crippen LogP contribution in [-0.4, -0.2) is 38.9 Å². The van der Waals surface area contributed by atoms with Crippen LogP contribution in [0.5, 0.6) is 0 Å². The molecule has 0 radical (unpaired) electrons. The summed E-state index contributed by atoms with van der Waals surface area (Å²) in [5.74, 6) is 0. The zero-order valence-electron chi connectivity index (χ0n) is 14.4. The summed E-state index contributed by atoms with van der Waals surface area (Å²) in [6.45, 7) is 3.33. The lowest BCUT2D eigenvalue weighted by molar-refractivity contribution is 0.384. The molecule has 1 heterocycles. The Kier molecular flexibility index (Phi) is 4.94. The Labute approximate surface area is 153 Å². The minimum Gasteiger partial charge on any atom is -0.368 e. The van der Waals surface area contributed by atoms with Gasteiger partial charge in [-0.3, -0.25) is 0 Å². The number of sulfonamides is 1. The summed E-state index contributed by atoms with van der Waals surface area (Å²) in [6, 6.07) is 16.4. The Morgan fingerprint density at radius 3 is 2.27 bits per heavy atom. The second-order valence-corrected chi connectivity index (χ2v) is 7.99. The van der Waals surface area contributed by atoms with Crippen LogP contribution in [0.2, 0.25) is 0 Å². The molecule has 1 aliphatic heterocycles. The van der Waals surface area contributed by atoms with Crippen LogP contribution in [0.4, 0.5) is 5.69 Å². The average Bonchev–Trinajstić information content (AvgIpc) is 2.67. The second kappa shape index (κ2) is 7.17. The monoisotopic (exact) mass is 366 g/mol. The first-order chi connectivity index (χ1) is 12.5. The van der Waals surface area contributed by atoms with Crippen LogP contribution in [0, 0.1) is 29.6 Å². The number of para-hydroxylation sites is 1. The van der Waals surface area contributed by atoms with Gasteiger partial charge in [0.15, 0.2) is 0 Å². The molecule has 0 atom stereocenters. The summed E-state index contributed by atoms with van der Waals surface area (Å²) < 4.78 is 27.4. The van der Waals surface area contributed by atoms with Crippen LogP contribution in [0.15, 0.2) is 47.4 Å². The topological polar surface area (TPSA) is 88.2 Å². The van der Waals surface area contributed by atoms with Gasteiger partial charge in [-0.25, -0.2) is 8.42 Å². The van der Waals surface area contributed by atoms with Crippen molar-refractivity contribution in [3.63, 3.8) is 0 Å². The minimum absolute atomic E-state index is 0.0610. The molecule has 0 unspecified atom stereocenters. The first-order valence-corrected chi connectivity index (χ1v) is 9.67. The molecule has 0 bridgehead atoms. The lowest BCUT2D eigenvalue weighted by Crippen LogP contribution is -2.49. The summed E-state index contributed by atoms with van der Waals surface area (Å²) in [7, 11) is -3.73. The van der Waals surface area contributed by atoms with Crippen molar-refractivity contribution in [2.45, 2.75) is 11.8 Å². The molecule has 2 aromatic carbocycles. The maximum Gasteiger partial charge on any atom is 0.244 e. The summed E-state index contributed by atoms with van der Waals surface area (Å²) in [5, 5.41) is 18.6. The van der Waals surface area contributed by atoms with Gasteiger partial charge in [-0.1, -0.05) is 24.3 Å². The summed E-state index contributed by atoms with van der Waals surface area (Å²) in [6.07, 6.45) is 0. The van der Waals surface area contributed by atoms with Crippen LogP contribution >= 0.6 is 0 Å². The molecule has 0 N–H and O–H groups in total. The number of benzene rings is 2. The van der Waals surface area contributed by atoms with E-state index in [0.29, 0.717) is 37.3 Å². The molecular formula is C19H18N4O2S. The van der Waals surface area contributed by atoms with Crippen molar-refractivity contribution >= 4 is 15.7 Å². The fraction of sp³-hybridized carbons (Fsp3) is 0.263. The molecule has 6 nitrogen and oxygen atoms in total. The molecule has 1 fully saturated rings. The molecule has 1 aliphatic rings. The highest BCUT2D eigenvalue weighted by Gasteiger charge is 2.31. The maximum absolute atomic E-state index is 13.0. The molecule has 0 spiro atoms. The maximum atomic E-state index is 13.0. The fourth-order valence-electron chi connectivity index (χ4n) is 3.15. The van der Waals surface area contributed by atoms with Gasteiger partial charge in [-0.05, 0) is 30.7 Å². The highest BCUT2D eigenvalue weighted by Crippen LogP contribution is 2.26. The van der Waals surface area contributed by atoms with E-state index in [0.717, 1.165) is 5.69 Å². The van der Waals surface area contributed by atoms with E-state index in [1.165, 1.54) is 10.4 Å². The van der Waals surface area contributed by atoms with E-state index in [1.54, 1.807) is 25.1 Å². The largest absolute Gasteiger partial charge is 0.368 e. The van der Waals surface area contributed by atoms with E-state index >= 15 is 0 Å². The molecule has 3 rings (SSSR count). The lowest BCUT2D eigenvalue weighted by atomic mass is 10.1. The van der Waals surface area contributed by atoms with Gasteiger partial charge in [-0.15, -0.1) is 0 Å². The summed E-state index contributed by atoms with van der Waals surface area (Å²) >= 11 is 0. The van der Waals surface area contributed by atoms with Crippen LogP contribution in [0.3, 0.4) is 0 Å². The van der Waals surface area contributed by atoms with Gasteiger partial charge in [0.2, 0.25) is 10.0 Å². The third kappa shape index (κ3) is 3.15. The molecule has 7 heteroatoms. The Morgan fingerprint density at radius 2 is 1.62 bits per heavy atom. The number of piperazine rings is 1. The van der Waals surface area contributed by atoms with Gasteiger partial charge in [0.1, 0.15) is 17.0 Å². The van der Waals surface area contributed by atoms with E-state index in [4.69, 9.17) is 0 Å². The Morgan fingerprint density at radius 1 is 0.923 bits per heavy atom. The normalized spacial score (nSPS) is 15.3. The van der Waals surface area contributed by atoms with Crippen LogP contribution in [0.1, 0.15) is 16.7 Å². The molecule has 2 aromatic rings. The van der Waals surface area contributed by atoms with Gasteiger partial charge in [0.25, 0.3) is 0 Å². The predicted octanol–water partition coefficient (Wildman–Crippen LogP) is 2.25. The average molecular weight is 366 g/mol. The summed E-state index contributed by atoms with van der Waals surface area (Å²) in [5.41, 5.74) is 2.24. The number of aryl methyl sites for hydroxylation is 1. The van der Waals surface area contributed by atoms with E-state index in [1.807, 2.05) is 29.2 Å². The Balaban J connectivity index is 1.83. The lowest BCUT2D eigenvalue weighted by Gasteiger charge is -2.35. The number of rotatable bonds is 3. The molecule has 0 aromatic heterocycles. The second-order valence-electron chi connectivity index (χ2n) is 6.08. The number of nitrogens with zero attached hydrogens (tertiary/aromatic N) is 4. The molecular weight excluding hydrogens is 348 g/mol. The van der Waals surface area contributed by atoms with Gasteiger partial charge in [-0.2, -0.15) is 14.8 Å².